The molecule has 4 unspecified atom stereocenters. The number of esters is 1. The van der Waals surface area contributed by atoms with Crippen LogP contribution in [0.4, 0.5) is 0 Å². The van der Waals surface area contributed by atoms with Crippen LogP contribution in [-0.4, -0.2) is 118 Å². The van der Waals surface area contributed by atoms with Gasteiger partial charge in [0.15, 0.2) is 11.9 Å². The number of aliphatic hydroxyl groups excluding tert-OH is 2. The van der Waals surface area contributed by atoms with E-state index in [1.54, 1.807) is 84.9 Å². The number of aromatic carboxylic acids is 1. The normalized spacial score (nSPS) is 23.6. The summed E-state index contributed by atoms with van der Waals surface area (Å²) >= 11 is 0. The highest BCUT2D eigenvalue weighted by atomic mass is 16.6. The van der Waals surface area contributed by atoms with E-state index >= 15 is 0 Å². The maximum Gasteiger partial charge on any atom is 0.338 e. The Hall–Kier alpha value is -6.91. The van der Waals surface area contributed by atoms with Gasteiger partial charge in [-0.3, -0.25) is 4.79 Å². The summed E-state index contributed by atoms with van der Waals surface area (Å²) in [6.07, 6.45) is -2.68. The van der Waals surface area contributed by atoms with Crippen molar-refractivity contribution in [2.24, 2.45) is 5.92 Å². The fourth-order valence-electron chi connectivity index (χ4n) is 8.25. The van der Waals surface area contributed by atoms with Crippen molar-refractivity contribution in [2.75, 3.05) is 26.4 Å². The predicted octanol–water partition coefficient (Wildman–Crippen LogP) is 6.91. The zero-order valence-electron chi connectivity index (χ0n) is 35.5. The molecule has 6 N–H and O–H groups in total. The van der Waals surface area contributed by atoms with Gasteiger partial charge in [-0.05, 0) is 94.0 Å². The molecule has 0 radical (unpaired) electrons. The minimum absolute atomic E-state index is 0.00395. The number of carbonyl (C=O) groups excluding carboxylic acids is 2. The fourth-order valence-corrected chi connectivity index (χ4v) is 8.25. The average Bonchev–Trinajstić information content (AvgIpc) is 4.13. The SMILES string of the molecule is O=C(C[C@@H]1COC2C1OC[C@@H]2OC(=O)c1ccc(-c2ccc(O)cc2)cc1)c1ccc(-c2ccc(O)cc2)cc1.O=C(O)c1ccc(-c2ccc(O)cc2)cc1.O[C@@H]1COC2C1OC[C@@H]2O. The highest BCUT2D eigenvalue weighted by molar-refractivity contribution is 5.96. The molecule has 14 heteroatoms. The number of rotatable bonds is 9. The lowest BCUT2D eigenvalue weighted by molar-refractivity contribution is -0.0161. The Bertz CT molecular complexity index is 2450. The van der Waals surface area contributed by atoms with Gasteiger partial charge in [-0.15, -0.1) is 0 Å². The van der Waals surface area contributed by atoms with Gasteiger partial charge in [0, 0.05) is 17.9 Å². The average molecular weight is 897 g/mol. The highest BCUT2D eigenvalue weighted by Gasteiger charge is 2.50. The summed E-state index contributed by atoms with van der Waals surface area (Å²) in [5.41, 5.74) is 6.92. The topological polar surface area (TPSA) is 219 Å². The van der Waals surface area contributed by atoms with Crippen molar-refractivity contribution in [2.45, 2.75) is 49.1 Å². The highest BCUT2D eigenvalue weighted by Crippen LogP contribution is 2.36. The second kappa shape index (κ2) is 20.5. The molecule has 340 valence electrons. The van der Waals surface area contributed by atoms with Gasteiger partial charge in [0.25, 0.3) is 0 Å². The first kappa shape index (κ1) is 45.7. The molecular formula is C52H48O14. The Morgan fingerprint density at radius 3 is 1.20 bits per heavy atom. The van der Waals surface area contributed by atoms with Crippen molar-refractivity contribution in [3.8, 4) is 50.6 Å². The maximum absolute atomic E-state index is 13.0. The molecule has 0 spiro atoms. The number of hydrogen-bond acceptors (Lipinski definition) is 13. The minimum atomic E-state index is -0.933. The second-order valence-electron chi connectivity index (χ2n) is 16.3. The minimum Gasteiger partial charge on any atom is -0.508 e. The van der Waals surface area contributed by atoms with Crippen LogP contribution in [0.25, 0.3) is 33.4 Å². The van der Waals surface area contributed by atoms with Crippen LogP contribution in [0.15, 0.2) is 146 Å². The largest absolute Gasteiger partial charge is 0.508 e. The standard InChI is InChI=1S/C33H28O7.C13H10O3.C6H10O4/c34-27-13-9-22(10-14-27)20-1-5-24(6-2-20)29(36)17-26-18-38-32-30(19-39-31(26)32)40-33(37)25-7-3-21(4-8-25)23-11-15-28(35)16-12-23;14-12-7-5-10(6-8-12)9-1-3-11(4-2-9)13(15)16;7-3-1-9-6-4(8)2-10-5(3)6/h1-16,26,30-32,34-35H,17-19H2;1-8,14H,(H,15,16);3-8H,1-2H2/t26-,30+,31?,32?;;3-,4+,5?,6?/m1../s1. The van der Waals surface area contributed by atoms with E-state index in [9.17, 15) is 24.6 Å². The lowest BCUT2D eigenvalue weighted by atomic mass is 9.92. The number of aliphatic hydroxyl groups is 2. The van der Waals surface area contributed by atoms with Crippen LogP contribution in [0.2, 0.25) is 0 Å². The van der Waals surface area contributed by atoms with Gasteiger partial charge < -0.3 is 54.3 Å². The number of hydrogen-bond donors (Lipinski definition) is 6. The summed E-state index contributed by atoms with van der Waals surface area (Å²) in [4.78, 5) is 36.5. The molecule has 0 bridgehead atoms. The van der Waals surface area contributed by atoms with Crippen molar-refractivity contribution >= 4 is 17.7 Å². The van der Waals surface area contributed by atoms with E-state index in [-0.39, 0.29) is 79.1 Å². The molecule has 0 aromatic heterocycles. The number of aromatic hydroxyl groups is 3. The molecular weight excluding hydrogens is 849 g/mol. The molecule has 4 heterocycles. The Kier molecular flexibility index (Phi) is 14.2. The van der Waals surface area contributed by atoms with E-state index in [4.69, 9.17) is 44.1 Å². The Balaban J connectivity index is 0.000000184. The number of carboxylic acid groups (broad SMARTS) is 1. The van der Waals surface area contributed by atoms with E-state index in [0.29, 0.717) is 17.7 Å². The van der Waals surface area contributed by atoms with Gasteiger partial charge in [-0.1, -0.05) is 84.9 Å². The molecule has 6 aromatic carbocycles. The lowest BCUT2D eigenvalue weighted by Gasteiger charge is -2.17. The maximum atomic E-state index is 13.0. The zero-order valence-corrected chi connectivity index (χ0v) is 35.5. The smallest absolute Gasteiger partial charge is 0.338 e. The first-order valence-corrected chi connectivity index (χ1v) is 21.4. The van der Waals surface area contributed by atoms with Crippen molar-refractivity contribution in [1.29, 1.82) is 0 Å². The molecule has 10 rings (SSSR count). The van der Waals surface area contributed by atoms with Gasteiger partial charge >= 0.3 is 11.9 Å². The zero-order chi connectivity index (χ0) is 46.3. The summed E-state index contributed by atoms with van der Waals surface area (Å²) in [7, 11) is 0. The van der Waals surface area contributed by atoms with Gasteiger partial charge in [-0.2, -0.15) is 0 Å². The van der Waals surface area contributed by atoms with Crippen LogP contribution < -0.4 is 0 Å². The van der Waals surface area contributed by atoms with Gasteiger partial charge in [0.05, 0.1) is 43.7 Å². The Morgan fingerprint density at radius 1 is 0.439 bits per heavy atom. The molecule has 4 aliphatic rings. The number of ketones is 1. The Labute approximate surface area is 379 Å². The fraction of sp³-hybridized carbons (Fsp3) is 0.250. The number of carboxylic acids is 1. The number of carbonyl (C=O) groups is 3. The van der Waals surface area contributed by atoms with Crippen LogP contribution in [0.5, 0.6) is 17.2 Å². The summed E-state index contributed by atoms with van der Waals surface area (Å²) in [5.74, 6) is -0.889. The molecule has 66 heavy (non-hydrogen) atoms. The molecule has 4 fully saturated rings. The van der Waals surface area contributed by atoms with Gasteiger partial charge in [-0.25, -0.2) is 9.59 Å². The number of fused-ring (bicyclic) bond motifs is 2. The summed E-state index contributed by atoms with van der Waals surface area (Å²) < 4.78 is 27.8. The van der Waals surface area contributed by atoms with E-state index in [0.717, 1.165) is 33.4 Å². The molecule has 0 amide bonds. The van der Waals surface area contributed by atoms with E-state index in [2.05, 4.69) is 0 Å². The van der Waals surface area contributed by atoms with Crippen LogP contribution in [0.3, 0.4) is 0 Å². The number of Topliss-reactive ketones (excluding diaryl/α,β-unsaturated/α-hetero) is 1. The van der Waals surface area contributed by atoms with Gasteiger partial charge in [0.1, 0.15) is 47.8 Å². The van der Waals surface area contributed by atoms with Crippen LogP contribution in [0, 0.1) is 5.92 Å². The van der Waals surface area contributed by atoms with E-state index < -0.39 is 36.4 Å². The van der Waals surface area contributed by atoms with Crippen LogP contribution in [-0.2, 0) is 23.7 Å². The van der Waals surface area contributed by atoms with Crippen molar-refractivity contribution < 1.29 is 68.7 Å². The molecule has 0 saturated carbocycles. The third-order valence-corrected chi connectivity index (χ3v) is 11.9. The first-order valence-electron chi connectivity index (χ1n) is 21.4. The summed E-state index contributed by atoms with van der Waals surface area (Å²) in [5, 5.41) is 55.2. The quantitative estimate of drug-likeness (QED) is 0.0642. The van der Waals surface area contributed by atoms with E-state index in [1.807, 2.05) is 60.7 Å². The predicted molar refractivity (Wildman–Crippen MR) is 240 cm³/mol. The van der Waals surface area contributed by atoms with Crippen LogP contribution >= 0.6 is 0 Å². The first-order chi connectivity index (χ1) is 31.9. The molecule has 4 aliphatic heterocycles. The molecule has 4 saturated heterocycles. The lowest BCUT2D eigenvalue weighted by Crippen LogP contribution is -2.33. The van der Waals surface area contributed by atoms with Crippen LogP contribution in [0.1, 0.15) is 37.5 Å². The number of phenolic OH excluding ortho intramolecular Hbond substituents is 3. The van der Waals surface area contributed by atoms with E-state index in [1.165, 1.54) is 0 Å². The molecule has 0 aliphatic carbocycles. The van der Waals surface area contributed by atoms with Crippen molar-refractivity contribution in [3.05, 3.63) is 162 Å². The monoisotopic (exact) mass is 896 g/mol. The third-order valence-electron chi connectivity index (χ3n) is 11.9. The van der Waals surface area contributed by atoms with Crippen molar-refractivity contribution in [3.63, 3.8) is 0 Å². The van der Waals surface area contributed by atoms with Crippen molar-refractivity contribution in [1.82, 2.24) is 0 Å². The number of benzene rings is 6. The molecule has 14 nitrogen and oxygen atoms in total. The van der Waals surface area contributed by atoms with Gasteiger partial charge in [0.2, 0.25) is 0 Å². The molecule has 8 atom stereocenters. The summed E-state index contributed by atoms with van der Waals surface area (Å²) in [6, 6.07) is 41.6. The summed E-state index contributed by atoms with van der Waals surface area (Å²) in [6.45, 7) is 1.15. The number of phenols is 3. The third kappa shape index (κ3) is 10.8. The number of ether oxygens (including phenoxy) is 5. The Morgan fingerprint density at radius 2 is 0.788 bits per heavy atom. The second-order valence-corrected chi connectivity index (χ2v) is 16.3. The molecule has 6 aromatic rings.